The van der Waals surface area contributed by atoms with Crippen molar-refractivity contribution in [3.63, 3.8) is 0 Å². The van der Waals surface area contributed by atoms with E-state index in [4.69, 9.17) is 11.6 Å². The fraction of sp³-hybridized carbons (Fsp3) is 0.310. The molecule has 3 rings (SSSR count). The molecule has 0 saturated carbocycles. The van der Waals surface area contributed by atoms with E-state index in [0.717, 1.165) is 38.3 Å². The maximum Gasteiger partial charge on any atom is 0.244 e. The predicted octanol–water partition coefficient (Wildman–Crippen LogP) is 5.56. The second-order valence-corrected chi connectivity index (χ2v) is 12.8. The molecule has 7 nitrogen and oxygen atoms in total. The zero-order valence-electron chi connectivity index (χ0n) is 22.5. The fourth-order valence-electron chi connectivity index (χ4n) is 4.04. The van der Waals surface area contributed by atoms with E-state index in [9.17, 15) is 22.4 Å². The SMILES string of the molecule is CC[C@H](C)NC(=O)[C@@H](Cc1ccccc1)N(Cc1ccc(Br)cc1)C(=O)CN(c1ccc(F)c(Cl)c1)S(C)(=O)=O. The van der Waals surface area contributed by atoms with E-state index in [1.54, 1.807) is 0 Å². The van der Waals surface area contributed by atoms with Crippen LogP contribution in [0.15, 0.2) is 77.3 Å². The monoisotopic (exact) mass is 651 g/mol. The molecule has 0 spiro atoms. The van der Waals surface area contributed by atoms with Crippen molar-refractivity contribution in [1.82, 2.24) is 10.2 Å². The highest BCUT2D eigenvalue weighted by molar-refractivity contribution is 9.10. The summed E-state index contributed by atoms with van der Waals surface area (Å²) in [5, 5.41) is 2.70. The van der Waals surface area contributed by atoms with E-state index in [-0.39, 0.29) is 35.6 Å². The molecule has 2 atom stereocenters. The number of nitrogens with zero attached hydrogens (tertiary/aromatic N) is 2. The van der Waals surface area contributed by atoms with Crippen molar-refractivity contribution in [2.75, 3.05) is 17.1 Å². The van der Waals surface area contributed by atoms with Gasteiger partial charge in [0.1, 0.15) is 18.4 Å². The summed E-state index contributed by atoms with van der Waals surface area (Å²) in [6, 6.07) is 19.0. The van der Waals surface area contributed by atoms with Crippen molar-refractivity contribution in [2.24, 2.45) is 0 Å². The van der Waals surface area contributed by atoms with Crippen LogP contribution in [0.2, 0.25) is 5.02 Å². The Morgan fingerprint density at radius 3 is 2.25 bits per heavy atom. The van der Waals surface area contributed by atoms with Crippen LogP contribution in [-0.4, -0.2) is 50.0 Å². The van der Waals surface area contributed by atoms with Gasteiger partial charge in [0.05, 0.1) is 17.0 Å². The van der Waals surface area contributed by atoms with E-state index in [0.29, 0.717) is 6.42 Å². The topological polar surface area (TPSA) is 86.8 Å². The number of hydrogen-bond acceptors (Lipinski definition) is 4. The number of rotatable bonds is 12. The van der Waals surface area contributed by atoms with Gasteiger partial charge < -0.3 is 10.2 Å². The highest BCUT2D eigenvalue weighted by Gasteiger charge is 2.33. The molecule has 0 radical (unpaired) electrons. The van der Waals surface area contributed by atoms with E-state index in [2.05, 4.69) is 21.2 Å². The molecular weight excluding hydrogens is 621 g/mol. The number of benzene rings is 3. The second kappa shape index (κ2) is 14.1. The van der Waals surface area contributed by atoms with E-state index in [1.807, 2.05) is 68.4 Å². The largest absolute Gasteiger partial charge is 0.352 e. The Balaban J connectivity index is 2.06. The summed E-state index contributed by atoms with van der Waals surface area (Å²) in [5.74, 6) is -1.67. The third kappa shape index (κ3) is 8.78. The number of carbonyl (C=O) groups excluding carboxylic acids is 2. The highest BCUT2D eigenvalue weighted by atomic mass is 79.9. The summed E-state index contributed by atoms with van der Waals surface area (Å²) in [6.07, 6.45) is 1.86. The molecule has 40 heavy (non-hydrogen) atoms. The maximum absolute atomic E-state index is 14.0. The molecule has 0 fully saturated rings. The molecule has 1 N–H and O–H groups in total. The minimum atomic E-state index is -3.98. The Morgan fingerprint density at radius 2 is 1.68 bits per heavy atom. The number of halogens is 3. The van der Waals surface area contributed by atoms with Crippen molar-refractivity contribution in [1.29, 1.82) is 0 Å². The Kier molecular flexibility index (Phi) is 11.1. The van der Waals surface area contributed by atoms with Gasteiger partial charge in [0, 0.05) is 23.5 Å². The Bertz CT molecular complexity index is 1420. The van der Waals surface area contributed by atoms with Gasteiger partial charge >= 0.3 is 0 Å². The van der Waals surface area contributed by atoms with Gasteiger partial charge in [-0.2, -0.15) is 0 Å². The molecule has 0 saturated heterocycles. The summed E-state index contributed by atoms with van der Waals surface area (Å²) in [6.45, 7) is 3.26. The van der Waals surface area contributed by atoms with E-state index >= 15 is 0 Å². The van der Waals surface area contributed by atoms with Crippen molar-refractivity contribution in [3.05, 3.63) is 99.2 Å². The van der Waals surface area contributed by atoms with E-state index < -0.39 is 34.3 Å². The summed E-state index contributed by atoms with van der Waals surface area (Å²) < 4.78 is 41.1. The van der Waals surface area contributed by atoms with Gasteiger partial charge in [-0.3, -0.25) is 13.9 Å². The minimum absolute atomic E-state index is 0.0366. The molecule has 3 aromatic carbocycles. The number of carbonyl (C=O) groups is 2. The lowest BCUT2D eigenvalue weighted by molar-refractivity contribution is -0.140. The number of anilines is 1. The van der Waals surface area contributed by atoms with Gasteiger partial charge in [0.15, 0.2) is 0 Å². The van der Waals surface area contributed by atoms with Crippen LogP contribution in [-0.2, 0) is 32.6 Å². The number of nitrogens with one attached hydrogen (secondary N) is 1. The first kappa shape index (κ1) is 31.6. The van der Waals surface area contributed by atoms with Crippen LogP contribution in [0.4, 0.5) is 10.1 Å². The minimum Gasteiger partial charge on any atom is -0.352 e. The first-order valence-corrected chi connectivity index (χ1v) is 15.7. The number of amides is 2. The van der Waals surface area contributed by atoms with Gasteiger partial charge in [-0.1, -0.05) is 76.9 Å². The smallest absolute Gasteiger partial charge is 0.244 e. The van der Waals surface area contributed by atoms with Crippen LogP contribution in [0.25, 0.3) is 0 Å². The van der Waals surface area contributed by atoms with Crippen LogP contribution in [0.1, 0.15) is 31.4 Å². The van der Waals surface area contributed by atoms with Crippen LogP contribution < -0.4 is 9.62 Å². The average molecular weight is 653 g/mol. The Morgan fingerprint density at radius 1 is 1.02 bits per heavy atom. The normalized spacial score (nSPS) is 12.8. The van der Waals surface area contributed by atoms with Crippen molar-refractivity contribution in [2.45, 2.75) is 45.3 Å². The van der Waals surface area contributed by atoms with Gasteiger partial charge in [-0.15, -0.1) is 0 Å². The van der Waals surface area contributed by atoms with Gasteiger partial charge in [-0.05, 0) is 54.8 Å². The molecule has 11 heteroatoms. The van der Waals surface area contributed by atoms with Crippen molar-refractivity contribution >= 4 is 55.1 Å². The number of hydrogen-bond donors (Lipinski definition) is 1. The lowest BCUT2D eigenvalue weighted by Crippen LogP contribution is -2.54. The third-order valence-corrected chi connectivity index (χ3v) is 8.37. The standard InChI is InChI=1S/C29H32BrClFN3O4S/c1-4-20(2)33-29(37)27(16-21-8-6-5-7-9-21)34(18-22-10-12-23(30)13-11-22)28(36)19-35(40(3,38)39)24-14-15-26(32)25(31)17-24/h5-15,17,20,27H,4,16,18-19H2,1-3H3,(H,33,37)/t20-,27+/m0/s1. The maximum atomic E-state index is 14.0. The zero-order valence-corrected chi connectivity index (χ0v) is 25.6. The first-order chi connectivity index (χ1) is 18.9. The zero-order chi connectivity index (χ0) is 29.4. The van der Waals surface area contributed by atoms with Crippen molar-refractivity contribution < 1.29 is 22.4 Å². The molecule has 0 bridgehead atoms. The fourth-order valence-corrected chi connectivity index (χ4v) is 5.32. The molecule has 0 heterocycles. The predicted molar refractivity (Wildman–Crippen MR) is 160 cm³/mol. The molecular formula is C29H32BrClFN3O4S. The molecule has 0 aliphatic heterocycles. The summed E-state index contributed by atoms with van der Waals surface area (Å²) in [7, 11) is -3.98. The molecule has 0 aliphatic carbocycles. The average Bonchev–Trinajstić information content (AvgIpc) is 2.91. The summed E-state index contributed by atoms with van der Waals surface area (Å²) >= 11 is 9.33. The van der Waals surface area contributed by atoms with Gasteiger partial charge in [0.25, 0.3) is 0 Å². The van der Waals surface area contributed by atoms with E-state index in [1.165, 1.54) is 11.0 Å². The first-order valence-electron chi connectivity index (χ1n) is 12.7. The highest BCUT2D eigenvalue weighted by Crippen LogP contribution is 2.25. The molecule has 0 aliphatic rings. The van der Waals surface area contributed by atoms with Gasteiger partial charge in [-0.25, -0.2) is 12.8 Å². The summed E-state index contributed by atoms with van der Waals surface area (Å²) in [4.78, 5) is 29.1. The Hall–Kier alpha value is -2.95. The number of sulfonamides is 1. The molecule has 214 valence electrons. The summed E-state index contributed by atoms with van der Waals surface area (Å²) in [5.41, 5.74) is 1.63. The molecule has 2 amide bonds. The van der Waals surface area contributed by atoms with Crippen molar-refractivity contribution in [3.8, 4) is 0 Å². The van der Waals surface area contributed by atoms with Crippen LogP contribution in [0.5, 0.6) is 0 Å². The van der Waals surface area contributed by atoms with Crippen LogP contribution >= 0.6 is 27.5 Å². The lowest BCUT2D eigenvalue weighted by atomic mass is 10.0. The van der Waals surface area contributed by atoms with Crippen LogP contribution in [0, 0.1) is 5.82 Å². The van der Waals surface area contributed by atoms with Gasteiger partial charge in [0.2, 0.25) is 21.8 Å². The molecule has 3 aromatic rings. The molecule has 0 unspecified atom stereocenters. The van der Waals surface area contributed by atoms with Crippen LogP contribution in [0.3, 0.4) is 0 Å². The quantitative estimate of drug-likeness (QED) is 0.278. The lowest BCUT2D eigenvalue weighted by Gasteiger charge is -2.34. The molecule has 0 aromatic heterocycles. The Labute approximate surface area is 248 Å². The third-order valence-electron chi connectivity index (χ3n) is 6.41. The second-order valence-electron chi connectivity index (χ2n) is 9.54.